The van der Waals surface area contributed by atoms with Crippen molar-refractivity contribution in [3.05, 3.63) is 77.5 Å². The molecule has 6 heteroatoms. The molecule has 0 fully saturated rings. The first-order chi connectivity index (χ1) is 14.4. The Hall–Kier alpha value is -3.41. The predicted molar refractivity (Wildman–Crippen MR) is 116 cm³/mol. The number of carbonyl (C=O) groups excluding carboxylic acids is 2. The molecule has 1 aliphatic heterocycles. The van der Waals surface area contributed by atoms with E-state index in [9.17, 15) is 9.59 Å². The van der Waals surface area contributed by atoms with Crippen molar-refractivity contribution in [1.82, 2.24) is 4.98 Å². The third-order valence-electron chi connectivity index (χ3n) is 5.56. The van der Waals surface area contributed by atoms with E-state index in [0.717, 1.165) is 16.9 Å². The van der Waals surface area contributed by atoms with Crippen molar-refractivity contribution in [2.75, 3.05) is 9.80 Å². The molecule has 0 N–H and O–H groups in total. The van der Waals surface area contributed by atoms with Crippen molar-refractivity contribution in [3.8, 4) is 0 Å². The first kappa shape index (κ1) is 19.9. The molecule has 1 aliphatic rings. The van der Waals surface area contributed by atoms with E-state index in [4.69, 9.17) is 4.42 Å². The zero-order chi connectivity index (χ0) is 21.4. The van der Waals surface area contributed by atoms with E-state index in [1.54, 1.807) is 25.7 Å². The number of para-hydroxylation sites is 2. The second-order valence-electron chi connectivity index (χ2n) is 7.71. The number of hydrogen-bond donors (Lipinski definition) is 0. The molecular weight excluding hydrogens is 378 g/mol. The van der Waals surface area contributed by atoms with Gasteiger partial charge in [-0.15, -0.1) is 0 Å². The van der Waals surface area contributed by atoms with E-state index in [1.165, 1.54) is 0 Å². The number of carbonyl (C=O) groups is 2. The van der Waals surface area contributed by atoms with Crippen LogP contribution in [0.5, 0.6) is 0 Å². The fraction of sp³-hybridized carbons (Fsp3) is 0.292. The summed E-state index contributed by atoms with van der Waals surface area (Å²) in [7, 11) is 0. The molecule has 154 valence electrons. The number of amides is 2. The number of aryl methyl sites for hydroxylation is 2. The molecular formula is C24H25N3O3. The van der Waals surface area contributed by atoms with Crippen molar-refractivity contribution in [2.24, 2.45) is 0 Å². The summed E-state index contributed by atoms with van der Waals surface area (Å²) in [6, 6.07) is 17.1. The molecule has 1 aromatic heterocycles. The van der Waals surface area contributed by atoms with Gasteiger partial charge in [-0.1, -0.05) is 36.4 Å². The number of fused-ring (bicyclic) bond motifs is 1. The van der Waals surface area contributed by atoms with Gasteiger partial charge in [0, 0.05) is 31.3 Å². The molecule has 2 atom stereocenters. The molecule has 0 saturated heterocycles. The van der Waals surface area contributed by atoms with Crippen LogP contribution in [0.1, 0.15) is 54.0 Å². The Morgan fingerprint density at radius 3 is 2.37 bits per heavy atom. The molecule has 0 bridgehead atoms. The van der Waals surface area contributed by atoms with Crippen LogP contribution >= 0.6 is 0 Å². The highest BCUT2D eigenvalue weighted by atomic mass is 16.4. The van der Waals surface area contributed by atoms with Gasteiger partial charge < -0.3 is 14.2 Å². The van der Waals surface area contributed by atoms with Crippen LogP contribution in [0, 0.1) is 13.8 Å². The van der Waals surface area contributed by atoms with Gasteiger partial charge in [0.25, 0.3) is 5.91 Å². The average Bonchev–Trinajstić information content (AvgIpc) is 3.06. The van der Waals surface area contributed by atoms with Gasteiger partial charge in [-0.2, -0.15) is 0 Å². The molecule has 6 nitrogen and oxygen atoms in total. The van der Waals surface area contributed by atoms with Gasteiger partial charge in [0.2, 0.25) is 11.7 Å². The lowest BCUT2D eigenvalue weighted by molar-refractivity contribution is -0.117. The topological polar surface area (TPSA) is 66.7 Å². The quantitative estimate of drug-likeness (QED) is 0.629. The minimum atomic E-state index is -0.208. The number of nitrogens with zero attached hydrogens (tertiary/aromatic N) is 3. The molecule has 0 unspecified atom stereocenters. The van der Waals surface area contributed by atoms with Crippen LogP contribution in [0.15, 0.2) is 59.0 Å². The summed E-state index contributed by atoms with van der Waals surface area (Å²) in [5.74, 6) is 0.493. The highest BCUT2D eigenvalue weighted by Gasteiger charge is 2.39. The third-order valence-corrected chi connectivity index (χ3v) is 5.56. The van der Waals surface area contributed by atoms with E-state index in [-0.39, 0.29) is 29.7 Å². The summed E-state index contributed by atoms with van der Waals surface area (Å²) in [4.78, 5) is 33.9. The zero-order valence-corrected chi connectivity index (χ0v) is 17.6. The highest BCUT2D eigenvalue weighted by molar-refractivity contribution is 6.06. The van der Waals surface area contributed by atoms with Crippen molar-refractivity contribution in [2.45, 2.75) is 46.2 Å². The van der Waals surface area contributed by atoms with E-state index in [0.29, 0.717) is 18.0 Å². The third kappa shape index (κ3) is 3.38. The number of rotatable bonds is 3. The monoisotopic (exact) mass is 403 g/mol. The Morgan fingerprint density at radius 2 is 1.73 bits per heavy atom. The molecule has 0 saturated carbocycles. The molecule has 30 heavy (non-hydrogen) atoms. The van der Waals surface area contributed by atoms with Gasteiger partial charge >= 0.3 is 0 Å². The lowest BCUT2D eigenvalue weighted by Gasteiger charge is -2.43. The van der Waals surface area contributed by atoms with Gasteiger partial charge in [-0.3, -0.25) is 9.59 Å². The Balaban J connectivity index is 1.80. The van der Waals surface area contributed by atoms with Crippen LogP contribution in [-0.4, -0.2) is 22.8 Å². The average molecular weight is 403 g/mol. The summed E-state index contributed by atoms with van der Waals surface area (Å²) in [5, 5.41) is 0. The first-order valence-electron chi connectivity index (χ1n) is 10.1. The molecule has 2 aromatic carbocycles. The summed E-state index contributed by atoms with van der Waals surface area (Å²) in [6.07, 6.45) is 0.614. The van der Waals surface area contributed by atoms with Gasteiger partial charge in [-0.25, -0.2) is 4.98 Å². The maximum absolute atomic E-state index is 13.4. The number of anilines is 2. The summed E-state index contributed by atoms with van der Waals surface area (Å²) in [5.41, 5.74) is 3.16. The van der Waals surface area contributed by atoms with Crippen LogP contribution in [0.2, 0.25) is 0 Å². The summed E-state index contributed by atoms with van der Waals surface area (Å²) < 4.78 is 5.61. The molecule has 0 spiro atoms. The van der Waals surface area contributed by atoms with Crippen LogP contribution in [0.4, 0.5) is 11.4 Å². The lowest BCUT2D eigenvalue weighted by atomic mass is 9.89. The largest absolute Gasteiger partial charge is 0.436 e. The first-order valence-corrected chi connectivity index (χ1v) is 10.1. The second-order valence-corrected chi connectivity index (χ2v) is 7.71. The van der Waals surface area contributed by atoms with E-state index < -0.39 is 0 Å². The smallest absolute Gasteiger partial charge is 0.296 e. The number of hydrogen-bond acceptors (Lipinski definition) is 4. The minimum Gasteiger partial charge on any atom is -0.436 e. The van der Waals surface area contributed by atoms with Crippen molar-refractivity contribution in [1.29, 1.82) is 0 Å². The van der Waals surface area contributed by atoms with Crippen molar-refractivity contribution in [3.63, 3.8) is 0 Å². The van der Waals surface area contributed by atoms with Crippen molar-refractivity contribution < 1.29 is 14.0 Å². The molecule has 2 amide bonds. The molecule has 2 heterocycles. The standard InChI is InChI=1S/C24H25N3O3/c1-15-14-22(27(18(4)28)19-10-6-5-7-11-19)20-12-8-9-13-21(20)26(15)24(29)23-16(2)25-17(3)30-23/h5-13,15,22H,14H2,1-4H3/t15-,22+/m1/s1. The Bertz CT molecular complexity index is 1090. The molecule has 0 radical (unpaired) electrons. The fourth-order valence-electron chi connectivity index (χ4n) is 4.34. The summed E-state index contributed by atoms with van der Waals surface area (Å²) >= 11 is 0. The number of aromatic nitrogens is 1. The molecule has 3 aromatic rings. The summed E-state index contributed by atoms with van der Waals surface area (Å²) in [6.45, 7) is 7.10. The number of benzene rings is 2. The van der Waals surface area contributed by atoms with Gasteiger partial charge in [0.05, 0.1) is 11.7 Å². The Kier molecular flexibility index (Phi) is 5.16. The van der Waals surface area contributed by atoms with Crippen LogP contribution < -0.4 is 9.80 Å². The van der Waals surface area contributed by atoms with Crippen molar-refractivity contribution >= 4 is 23.2 Å². The SMILES string of the molecule is CC(=O)N(c1ccccc1)[C@H]1C[C@@H](C)N(C(=O)c2oc(C)nc2C)c2ccccc21. The van der Waals surface area contributed by atoms with Crippen LogP contribution in [-0.2, 0) is 4.79 Å². The lowest BCUT2D eigenvalue weighted by Crippen LogP contribution is -2.47. The number of oxazole rings is 1. The Morgan fingerprint density at radius 1 is 1.07 bits per heavy atom. The van der Waals surface area contributed by atoms with Gasteiger partial charge in [-0.05, 0) is 44.0 Å². The van der Waals surface area contributed by atoms with E-state index in [2.05, 4.69) is 4.98 Å². The predicted octanol–water partition coefficient (Wildman–Crippen LogP) is 4.82. The zero-order valence-electron chi connectivity index (χ0n) is 17.6. The maximum Gasteiger partial charge on any atom is 0.296 e. The van der Waals surface area contributed by atoms with Crippen LogP contribution in [0.25, 0.3) is 0 Å². The molecule has 4 rings (SSSR count). The van der Waals surface area contributed by atoms with Gasteiger partial charge in [0.15, 0.2) is 5.89 Å². The maximum atomic E-state index is 13.4. The van der Waals surface area contributed by atoms with Gasteiger partial charge in [0.1, 0.15) is 0 Å². The Labute approximate surface area is 176 Å². The molecule has 0 aliphatic carbocycles. The van der Waals surface area contributed by atoms with Crippen LogP contribution in [0.3, 0.4) is 0 Å². The van der Waals surface area contributed by atoms with E-state index in [1.807, 2.05) is 66.4 Å². The normalized spacial score (nSPS) is 18.1. The second kappa shape index (κ2) is 7.78. The fourth-order valence-corrected chi connectivity index (χ4v) is 4.34. The van der Waals surface area contributed by atoms with E-state index >= 15 is 0 Å². The highest BCUT2D eigenvalue weighted by Crippen LogP contribution is 2.42. The minimum absolute atomic E-state index is 0.0327.